The van der Waals surface area contributed by atoms with Gasteiger partial charge in [0.1, 0.15) is 6.61 Å². The Balaban J connectivity index is 3.27. The molecule has 0 aromatic heterocycles. The standard InChI is InChI=1S/C28H55NO3/c1-3-5-7-9-11-12-13-14-15-16-18-19-21-23-27(30)29-25-26-32-28(31)24-22-20-17-10-8-6-4-2/h3-26H2,1-2H3,(H,29,30). The lowest BCUT2D eigenvalue weighted by Gasteiger charge is -2.07. The van der Waals surface area contributed by atoms with E-state index in [0.29, 0.717) is 26.0 Å². The van der Waals surface area contributed by atoms with Crippen LogP contribution in [0.5, 0.6) is 0 Å². The highest BCUT2D eigenvalue weighted by molar-refractivity contribution is 5.75. The molecule has 0 radical (unpaired) electrons. The molecule has 1 amide bonds. The van der Waals surface area contributed by atoms with Crippen molar-refractivity contribution in [3.63, 3.8) is 0 Å². The summed E-state index contributed by atoms with van der Waals surface area (Å²) < 4.78 is 5.21. The van der Waals surface area contributed by atoms with Crippen LogP contribution in [-0.2, 0) is 14.3 Å². The second-order valence-corrected chi connectivity index (χ2v) is 9.43. The van der Waals surface area contributed by atoms with Crippen molar-refractivity contribution in [3.8, 4) is 0 Å². The summed E-state index contributed by atoms with van der Waals surface area (Å²) in [5, 5.41) is 2.86. The molecule has 190 valence electrons. The van der Waals surface area contributed by atoms with E-state index in [1.54, 1.807) is 0 Å². The minimum absolute atomic E-state index is 0.0798. The predicted octanol–water partition coefficient (Wildman–Crippen LogP) is 8.27. The minimum Gasteiger partial charge on any atom is -0.464 e. The highest BCUT2D eigenvalue weighted by Gasteiger charge is 2.04. The number of hydrogen-bond donors (Lipinski definition) is 1. The van der Waals surface area contributed by atoms with Crippen molar-refractivity contribution in [2.24, 2.45) is 0 Å². The number of rotatable bonds is 25. The van der Waals surface area contributed by atoms with Crippen molar-refractivity contribution < 1.29 is 14.3 Å². The summed E-state index contributed by atoms with van der Waals surface area (Å²) in [5.41, 5.74) is 0. The average Bonchev–Trinajstić information content (AvgIpc) is 2.79. The summed E-state index contributed by atoms with van der Waals surface area (Å²) in [4.78, 5) is 23.6. The molecule has 0 aromatic carbocycles. The topological polar surface area (TPSA) is 55.4 Å². The van der Waals surface area contributed by atoms with Gasteiger partial charge in [-0.1, -0.05) is 129 Å². The zero-order valence-corrected chi connectivity index (χ0v) is 21.7. The third-order valence-electron chi connectivity index (χ3n) is 6.18. The van der Waals surface area contributed by atoms with Crippen molar-refractivity contribution in [1.82, 2.24) is 5.32 Å². The summed E-state index contributed by atoms with van der Waals surface area (Å²) in [6.45, 7) is 5.21. The Morgan fingerprint density at radius 1 is 0.531 bits per heavy atom. The normalized spacial score (nSPS) is 10.9. The Morgan fingerprint density at radius 3 is 1.34 bits per heavy atom. The zero-order chi connectivity index (χ0) is 23.5. The first kappa shape index (κ1) is 30.9. The molecule has 0 unspecified atom stereocenters. The van der Waals surface area contributed by atoms with E-state index in [1.807, 2.05) is 0 Å². The fourth-order valence-corrected chi connectivity index (χ4v) is 4.05. The smallest absolute Gasteiger partial charge is 0.305 e. The van der Waals surface area contributed by atoms with E-state index in [-0.39, 0.29) is 11.9 Å². The van der Waals surface area contributed by atoms with Crippen LogP contribution in [0, 0.1) is 0 Å². The molecular weight excluding hydrogens is 398 g/mol. The quantitative estimate of drug-likeness (QED) is 0.112. The van der Waals surface area contributed by atoms with Gasteiger partial charge in [-0.05, 0) is 12.8 Å². The highest BCUT2D eigenvalue weighted by Crippen LogP contribution is 2.13. The number of amides is 1. The maximum absolute atomic E-state index is 11.9. The van der Waals surface area contributed by atoms with Gasteiger partial charge in [0.05, 0.1) is 6.54 Å². The summed E-state index contributed by atoms with van der Waals surface area (Å²) in [5.74, 6) is -0.0551. The molecule has 0 saturated carbocycles. The Morgan fingerprint density at radius 2 is 0.906 bits per heavy atom. The summed E-state index contributed by atoms with van der Waals surface area (Å²) in [7, 11) is 0. The summed E-state index contributed by atoms with van der Waals surface area (Å²) in [6, 6.07) is 0. The summed E-state index contributed by atoms with van der Waals surface area (Å²) >= 11 is 0. The lowest BCUT2D eigenvalue weighted by molar-refractivity contribution is -0.144. The molecule has 4 nitrogen and oxygen atoms in total. The maximum Gasteiger partial charge on any atom is 0.305 e. The van der Waals surface area contributed by atoms with Crippen LogP contribution < -0.4 is 5.32 Å². The number of ether oxygens (including phenoxy) is 1. The third-order valence-corrected chi connectivity index (χ3v) is 6.18. The van der Waals surface area contributed by atoms with Crippen LogP contribution in [-0.4, -0.2) is 25.0 Å². The minimum atomic E-state index is -0.135. The molecule has 1 N–H and O–H groups in total. The van der Waals surface area contributed by atoms with Gasteiger partial charge in [-0.2, -0.15) is 0 Å². The molecule has 0 saturated heterocycles. The zero-order valence-electron chi connectivity index (χ0n) is 21.7. The van der Waals surface area contributed by atoms with E-state index in [4.69, 9.17) is 4.74 Å². The molecule has 0 fully saturated rings. The van der Waals surface area contributed by atoms with Crippen molar-refractivity contribution in [2.75, 3.05) is 13.2 Å². The molecule has 32 heavy (non-hydrogen) atoms. The Kier molecular flexibility index (Phi) is 25.3. The maximum atomic E-state index is 11.9. The van der Waals surface area contributed by atoms with Crippen LogP contribution in [0.1, 0.15) is 155 Å². The SMILES string of the molecule is CCCCCCCCCCCCCCCC(=O)NCCOC(=O)CCCCCCCCC. The van der Waals surface area contributed by atoms with Crippen molar-refractivity contribution >= 4 is 11.9 Å². The Bertz CT molecular complexity index is 411. The van der Waals surface area contributed by atoms with E-state index in [1.165, 1.54) is 103 Å². The van der Waals surface area contributed by atoms with E-state index in [9.17, 15) is 9.59 Å². The van der Waals surface area contributed by atoms with Crippen molar-refractivity contribution in [2.45, 2.75) is 155 Å². The van der Waals surface area contributed by atoms with Gasteiger partial charge < -0.3 is 10.1 Å². The molecule has 0 rings (SSSR count). The summed E-state index contributed by atoms with van der Waals surface area (Å²) in [6.07, 6.45) is 26.6. The first-order chi connectivity index (χ1) is 15.7. The molecular formula is C28H55NO3. The van der Waals surface area contributed by atoms with Gasteiger partial charge >= 0.3 is 5.97 Å². The lowest BCUT2D eigenvalue weighted by atomic mass is 10.0. The number of hydrogen-bond acceptors (Lipinski definition) is 3. The first-order valence-electron chi connectivity index (χ1n) is 14.1. The molecule has 0 spiro atoms. The van der Waals surface area contributed by atoms with E-state index < -0.39 is 0 Å². The van der Waals surface area contributed by atoms with Gasteiger partial charge in [0, 0.05) is 12.8 Å². The number of esters is 1. The van der Waals surface area contributed by atoms with E-state index in [0.717, 1.165) is 25.7 Å². The van der Waals surface area contributed by atoms with Crippen LogP contribution in [0.25, 0.3) is 0 Å². The van der Waals surface area contributed by atoms with Gasteiger partial charge in [0.15, 0.2) is 0 Å². The molecule has 0 aliphatic heterocycles. The number of unbranched alkanes of at least 4 members (excludes halogenated alkanes) is 18. The first-order valence-corrected chi connectivity index (χ1v) is 14.1. The number of carbonyl (C=O) groups excluding carboxylic acids is 2. The van der Waals surface area contributed by atoms with Crippen LogP contribution >= 0.6 is 0 Å². The molecule has 0 bridgehead atoms. The average molecular weight is 454 g/mol. The van der Waals surface area contributed by atoms with Crippen LogP contribution in [0.3, 0.4) is 0 Å². The van der Waals surface area contributed by atoms with Gasteiger partial charge in [-0.25, -0.2) is 0 Å². The Labute approximate surface area is 200 Å². The lowest BCUT2D eigenvalue weighted by Crippen LogP contribution is -2.27. The van der Waals surface area contributed by atoms with Crippen LogP contribution in [0.4, 0.5) is 0 Å². The van der Waals surface area contributed by atoms with Crippen molar-refractivity contribution in [3.05, 3.63) is 0 Å². The van der Waals surface area contributed by atoms with Gasteiger partial charge in [0.25, 0.3) is 0 Å². The van der Waals surface area contributed by atoms with E-state index >= 15 is 0 Å². The van der Waals surface area contributed by atoms with Crippen LogP contribution in [0.15, 0.2) is 0 Å². The van der Waals surface area contributed by atoms with Gasteiger partial charge in [-0.15, -0.1) is 0 Å². The van der Waals surface area contributed by atoms with E-state index in [2.05, 4.69) is 19.2 Å². The van der Waals surface area contributed by atoms with Gasteiger partial charge in [-0.3, -0.25) is 9.59 Å². The largest absolute Gasteiger partial charge is 0.464 e. The third kappa shape index (κ3) is 25.2. The second kappa shape index (κ2) is 26.2. The predicted molar refractivity (Wildman–Crippen MR) is 137 cm³/mol. The fraction of sp³-hybridized carbons (Fsp3) is 0.929. The molecule has 0 atom stereocenters. The fourth-order valence-electron chi connectivity index (χ4n) is 4.05. The molecule has 0 aromatic rings. The number of nitrogens with one attached hydrogen (secondary N) is 1. The van der Waals surface area contributed by atoms with Crippen LogP contribution in [0.2, 0.25) is 0 Å². The molecule has 4 heteroatoms. The molecule has 0 aliphatic carbocycles. The Hall–Kier alpha value is -1.06. The monoisotopic (exact) mass is 453 g/mol. The van der Waals surface area contributed by atoms with Gasteiger partial charge in [0.2, 0.25) is 5.91 Å². The van der Waals surface area contributed by atoms with Crippen molar-refractivity contribution in [1.29, 1.82) is 0 Å². The molecule has 0 aliphatic rings. The molecule has 0 heterocycles. The highest BCUT2D eigenvalue weighted by atomic mass is 16.5. The number of carbonyl (C=O) groups is 2. The second-order valence-electron chi connectivity index (χ2n) is 9.43.